The Morgan fingerprint density at radius 3 is 2.95 bits per heavy atom. The first-order valence-electron chi connectivity index (χ1n) is 7.16. The van der Waals surface area contributed by atoms with Gasteiger partial charge in [0.2, 0.25) is 0 Å². The summed E-state index contributed by atoms with van der Waals surface area (Å²) in [5.41, 5.74) is 7.66. The molecule has 4 heteroatoms. The van der Waals surface area contributed by atoms with Crippen LogP contribution in [0, 0.1) is 12.8 Å². The van der Waals surface area contributed by atoms with E-state index in [1.54, 1.807) is 7.11 Å². The summed E-state index contributed by atoms with van der Waals surface area (Å²) in [6, 6.07) is 2.73. The van der Waals surface area contributed by atoms with E-state index in [4.69, 9.17) is 10.5 Å². The summed E-state index contributed by atoms with van der Waals surface area (Å²) < 4.78 is 5.33. The van der Waals surface area contributed by atoms with E-state index in [9.17, 15) is 0 Å². The molecule has 1 saturated heterocycles. The van der Waals surface area contributed by atoms with Crippen molar-refractivity contribution in [1.82, 2.24) is 4.90 Å². The standard InChI is InChI=1S/C15H26N2OS/c1-11-6-8-19-15(11)14(12(2)16)17-7-4-5-13(9-17)10-18-3/h6,8,12-14H,4-5,7,9-10,16H2,1-3H3. The number of hydrogen-bond acceptors (Lipinski definition) is 4. The van der Waals surface area contributed by atoms with Crippen molar-refractivity contribution in [3.63, 3.8) is 0 Å². The molecule has 1 aromatic rings. The van der Waals surface area contributed by atoms with E-state index >= 15 is 0 Å². The molecule has 108 valence electrons. The molecule has 19 heavy (non-hydrogen) atoms. The minimum Gasteiger partial charge on any atom is -0.384 e. The Bertz CT molecular complexity index is 389. The molecule has 0 radical (unpaired) electrons. The highest BCUT2D eigenvalue weighted by Crippen LogP contribution is 2.33. The molecule has 0 bridgehead atoms. The van der Waals surface area contributed by atoms with E-state index in [0.29, 0.717) is 12.0 Å². The van der Waals surface area contributed by atoms with Crippen molar-refractivity contribution >= 4 is 11.3 Å². The number of aryl methyl sites for hydroxylation is 1. The van der Waals surface area contributed by atoms with Crippen molar-refractivity contribution in [1.29, 1.82) is 0 Å². The molecule has 1 aliphatic heterocycles. The van der Waals surface area contributed by atoms with Crippen molar-refractivity contribution in [3.8, 4) is 0 Å². The van der Waals surface area contributed by atoms with Crippen molar-refractivity contribution < 1.29 is 4.74 Å². The molecular formula is C15H26N2OS. The Morgan fingerprint density at radius 2 is 2.37 bits per heavy atom. The SMILES string of the molecule is COCC1CCCN(C(c2sccc2C)C(C)N)C1. The highest BCUT2D eigenvalue weighted by molar-refractivity contribution is 7.10. The van der Waals surface area contributed by atoms with Crippen LogP contribution < -0.4 is 5.73 Å². The van der Waals surface area contributed by atoms with Gasteiger partial charge in [-0.3, -0.25) is 4.90 Å². The zero-order valence-electron chi connectivity index (χ0n) is 12.3. The fraction of sp³-hybridized carbons (Fsp3) is 0.733. The number of nitrogens with two attached hydrogens (primary N) is 1. The third-order valence-corrected chi connectivity index (χ3v) is 5.10. The number of thiophene rings is 1. The number of hydrogen-bond donors (Lipinski definition) is 1. The molecule has 2 heterocycles. The summed E-state index contributed by atoms with van der Waals surface area (Å²) in [6.45, 7) is 7.45. The van der Waals surface area contributed by atoms with Gasteiger partial charge in [0.1, 0.15) is 0 Å². The second-order valence-electron chi connectivity index (χ2n) is 5.73. The summed E-state index contributed by atoms with van der Waals surface area (Å²) in [6.07, 6.45) is 2.53. The van der Waals surface area contributed by atoms with E-state index in [0.717, 1.165) is 19.7 Å². The van der Waals surface area contributed by atoms with Gasteiger partial charge in [-0.1, -0.05) is 0 Å². The predicted molar refractivity (Wildman–Crippen MR) is 81.6 cm³/mol. The second-order valence-corrected chi connectivity index (χ2v) is 6.68. The maximum Gasteiger partial charge on any atom is 0.0593 e. The Balaban J connectivity index is 2.13. The van der Waals surface area contributed by atoms with Crippen LogP contribution >= 0.6 is 11.3 Å². The molecule has 0 aromatic carbocycles. The van der Waals surface area contributed by atoms with Gasteiger partial charge in [0, 0.05) is 24.6 Å². The Morgan fingerprint density at radius 1 is 1.58 bits per heavy atom. The molecule has 2 rings (SSSR count). The normalized spacial score (nSPS) is 24.3. The maximum absolute atomic E-state index is 6.28. The zero-order chi connectivity index (χ0) is 13.8. The lowest BCUT2D eigenvalue weighted by Crippen LogP contribution is -2.45. The van der Waals surface area contributed by atoms with Crippen LogP contribution in [0.5, 0.6) is 0 Å². The molecule has 1 fully saturated rings. The first-order valence-corrected chi connectivity index (χ1v) is 8.04. The monoisotopic (exact) mass is 282 g/mol. The molecule has 3 unspecified atom stereocenters. The van der Waals surface area contributed by atoms with Gasteiger partial charge in [-0.2, -0.15) is 0 Å². The van der Waals surface area contributed by atoms with E-state index in [1.165, 1.54) is 23.3 Å². The summed E-state index contributed by atoms with van der Waals surface area (Å²) >= 11 is 1.84. The first kappa shape index (κ1) is 15.0. The molecule has 0 saturated carbocycles. The van der Waals surface area contributed by atoms with E-state index in [2.05, 4.69) is 30.2 Å². The third-order valence-electron chi connectivity index (χ3n) is 4.01. The van der Waals surface area contributed by atoms with Gasteiger partial charge < -0.3 is 10.5 Å². The minimum absolute atomic E-state index is 0.165. The van der Waals surface area contributed by atoms with Crippen molar-refractivity contribution in [2.24, 2.45) is 11.7 Å². The average molecular weight is 282 g/mol. The topological polar surface area (TPSA) is 38.5 Å². The number of piperidine rings is 1. The zero-order valence-corrected chi connectivity index (χ0v) is 13.1. The molecule has 2 N–H and O–H groups in total. The van der Waals surface area contributed by atoms with Crippen LogP contribution in [0.4, 0.5) is 0 Å². The fourth-order valence-electron chi connectivity index (χ4n) is 3.15. The lowest BCUT2D eigenvalue weighted by Gasteiger charge is -2.39. The second kappa shape index (κ2) is 6.84. The van der Waals surface area contributed by atoms with Crippen LogP contribution in [0.1, 0.15) is 36.2 Å². The van der Waals surface area contributed by atoms with Gasteiger partial charge in [-0.05, 0) is 56.2 Å². The molecule has 0 amide bonds. The van der Waals surface area contributed by atoms with Crippen molar-refractivity contribution in [2.45, 2.75) is 38.8 Å². The van der Waals surface area contributed by atoms with E-state index in [-0.39, 0.29) is 6.04 Å². The summed E-state index contributed by atoms with van der Waals surface area (Å²) in [4.78, 5) is 4.00. The quantitative estimate of drug-likeness (QED) is 0.902. The van der Waals surface area contributed by atoms with Crippen LogP contribution in [-0.4, -0.2) is 37.7 Å². The average Bonchev–Trinajstić information content (AvgIpc) is 2.77. The number of methoxy groups -OCH3 is 1. The van der Waals surface area contributed by atoms with E-state index < -0.39 is 0 Å². The van der Waals surface area contributed by atoms with Gasteiger partial charge in [0.05, 0.1) is 12.6 Å². The number of rotatable bonds is 5. The number of nitrogens with zero attached hydrogens (tertiary/aromatic N) is 1. The summed E-state index contributed by atoms with van der Waals surface area (Å²) in [5.74, 6) is 0.653. The Labute approximate surface area is 120 Å². The first-order chi connectivity index (χ1) is 9.13. The van der Waals surface area contributed by atoms with Gasteiger partial charge in [0.15, 0.2) is 0 Å². The maximum atomic E-state index is 6.28. The molecule has 0 aliphatic carbocycles. The third kappa shape index (κ3) is 3.57. The van der Waals surface area contributed by atoms with Gasteiger partial charge >= 0.3 is 0 Å². The number of likely N-dealkylation sites (tertiary alicyclic amines) is 1. The van der Waals surface area contributed by atoms with E-state index in [1.807, 2.05) is 11.3 Å². The highest BCUT2D eigenvalue weighted by Gasteiger charge is 2.30. The fourth-order valence-corrected chi connectivity index (χ4v) is 4.32. The largest absolute Gasteiger partial charge is 0.384 e. The van der Waals surface area contributed by atoms with Crippen molar-refractivity contribution in [2.75, 3.05) is 26.8 Å². The van der Waals surface area contributed by atoms with Crippen LogP contribution in [0.2, 0.25) is 0 Å². The van der Waals surface area contributed by atoms with Gasteiger partial charge in [-0.25, -0.2) is 0 Å². The smallest absolute Gasteiger partial charge is 0.0593 e. The number of ether oxygens (including phenoxy) is 1. The molecule has 3 nitrogen and oxygen atoms in total. The minimum atomic E-state index is 0.165. The molecule has 3 atom stereocenters. The Kier molecular flexibility index (Phi) is 5.39. The summed E-state index contributed by atoms with van der Waals surface area (Å²) in [7, 11) is 1.80. The molecule has 1 aromatic heterocycles. The highest BCUT2D eigenvalue weighted by atomic mass is 32.1. The Hall–Kier alpha value is -0.420. The van der Waals surface area contributed by atoms with Gasteiger partial charge in [0.25, 0.3) is 0 Å². The lowest BCUT2D eigenvalue weighted by atomic mass is 9.94. The van der Waals surface area contributed by atoms with Crippen LogP contribution in [0.25, 0.3) is 0 Å². The van der Waals surface area contributed by atoms with Crippen LogP contribution in [0.3, 0.4) is 0 Å². The van der Waals surface area contributed by atoms with Crippen LogP contribution in [-0.2, 0) is 4.74 Å². The lowest BCUT2D eigenvalue weighted by molar-refractivity contribution is 0.0627. The predicted octanol–water partition coefficient (Wildman–Crippen LogP) is 2.80. The van der Waals surface area contributed by atoms with Gasteiger partial charge in [-0.15, -0.1) is 11.3 Å². The van der Waals surface area contributed by atoms with Crippen LogP contribution in [0.15, 0.2) is 11.4 Å². The van der Waals surface area contributed by atoms with Crippen molar-refractivity contribution in [3.05, 3.63) is 21.9 Å². The molecule has 1 aliphatic rings. The molecule has 0 spiro atoms. The summed E-state index contributed by atoms with van der Waals surface area (Å²) in [5, 5.41) is 2.18. The molecular weight excluding hydrogens is 256 g/mol.